The van der Waals surface area contributed by atoms with E-state index in [0.717, 1.165) is 41.0 Å². The highest BCUT2D eigenvalue weighted by Crippen LogP contribution is 2.44. The lowest BCUT2D eigenvalue weighted by atomic mass is 9.74. The van der Waals surface area contributed by atoms with Crippen LogP contribution >= 0.6 is 34.0 Å². The highest BCUT2D eigenvalue weighted by Gasteiger charge is 2.37. The maximum Gasteiger partial charge on any atom is 0.316 e. The Balaban J connectivity index is 0.00000160. The lowest BCUT2D eigenvalue weighted by molar-refractivity contribution is 0.111. The number of aliphatic hydroxyl groups is 1. The Bertz CT molecular complexity index is 893. The molecular weight excluding hydrogens is 518 g/mol. The van der Waals surface area contributed by atoms with Gasteiger partial charge in [-0.1, -0.05) is 0 Å². The minimum atomic E-state index is -0.298. The van der Waals surface area contributed by atoms with Crippen molar-refractivity contribution in [3.63, 3.8) is 0 Å². The molecule has 1 aliphatic carbocycles. The second kappa shape index (κ2) is 10.5. The van der Waals surface area contributed by atoms with E-state index in [4.69, 9.17) is 19.2 Å². The molecule has 30 heavy (non-hydrogen) atoms. The molecule has 1 saturated carbocycles. The molecule has 3 atom stereocenters. The molecule has 1 aromatic carbocycles. The van der Waals surface area contributed by atoms with Crippen LogP contribution in [-0.2, 0) is 0 Å². The van der Waals surface area contributed by atoms with Crippen molar-refractivity contribution in [1.29, 1.82) is 0 Å². The number of benzene rings is 1. The number of aliphatic imine (C=N–C) groups is 1. The van der Waals surface area contributed by atoms with Gasteiger partial charge in [0.2, 0.25) is 0 Å². The van der Waals surface area contributed by atoms with Crippen molar-refractivity contribution < 1.29 is 19.3 Å². The summed E-state index contributed by atoms with van der Waals surface area (Å²) in [6, 6.07) is 4.46. The number of ether oxygens (including phenoxy) is 3. The number of aliphatic hydroxyl groups excluding tert-OH is 1. The summed E-state index contributed by atoms with van der Waals surface area (Å²) in [6.07, 6.45) is 5.48. The quantitative estimate of drug-likeness (QED) is 0.614. The van der Waals surface area contributed by atoms with Gasteiger partial charge in [-0.05, 0) is 43.9 Å². The third kappa shape index (κ3) is 4.63. The topological polar surface area (TPSA) is 86.1 Å². The van der Waals surface area contributed by atoms with E-state index in [2.05, 4.69) is 9.97 Å². The summed E-state index contributed by atoms with van der Waals surface area (Å²) in [7, 11) is 3.17. The number of methoxy groups -OCH3 is 2. The van der Waals surface area contributed by atoms with Gasteiger partial charge in [0.1, 0.15) is 0 Å². The highest BCUT2D eigenvalue weighted by atomic mass is 79.9. The van der Waals surface area contributed by atoms with E-state index >= 15 is 0 Å². The maximum absolute atomic E-state index is 10.2. The number of nitrogens with zero attached hydrogens (tertiary/aromatic N) is 3. The van der Waals surface area contributed by atoms with Gasteiger partial charge >= 0.3 is 6.01 Å². The largest absolute Gasteiger partial charge is 0.493 e. The van der Waals surface area contributed by atoms with Gasteiger partial charge in [-0.2, -0.15) is 0 Å². The molecule has 164 valence electrons. The lowest BCUT2D eigenvalue weighted by Crippen LogP contribution is -2.34. The zero-order valence-corrected chi connectivity index (χ0v) is 20.6. The van der Waals surface area contributed by atoms with E-state index < -0.39 is 0 Å². The predicted octanol–water partition coefficient (Wildman–Crippen LogP) is 3.90. The molecule has 2 aromatic rings. The number of hydrogen-bond donors (Lipinski definition) is 1. The van der Waals surface area contributed by atoms with E-state index in [1.54, 1.807) is 26.6 Å². The van der Waals surface area contributed by atoms with Crippen LogP contribution in [0.4, 0.5) is 0 Å². The fraction of sp³-hybridized carbons (Fsp3) is 0.476. The summed E-state index contributed by atoms with van der Waals surface area (Å²) in [5.74, 6) is 1.54. The SMILES string of the molecule is Br.Br.CCOc1cc2c(cc1OC)C(c1cnc(OC)nc1)=N[C@@H]1CC[C@@H](O)C[C@H]21. The zero-order chi connectivity index (χ0) is 19.7. The summed E-state index contributed by atoms with van der Waals surface area (Å²) in [5.41, 5.74) is 3.78. The van der Waals surface area contributed by atoms with Gasteiger partial charge in [-0.25, -0.2) is 9.97 Å². The van der Waals surface area contributed by atoms with Crippen molar-refractivity contribution in [3.05, 3.63) is 41.2 Å². The van der Waals surface area contributed by atoms with Crippen molar-refractivity contribution >= 4 is 39.7 Å². The Morgan fingerprint density at radius 3 is 2.40 bits per heavy atom. The maximum atomic E-state index is 10.2. The van der Waals surface area contributed by atoms with Gasteiger partial charge in [-0.3, -0.25) is 4.99 Å². The molecule has 1 aromatic heterocycles. The molecule has 7 nitrogen and oxygen atoms in total. The van der Waals surface area contributed by atoms with E-state index in [1.165, 1.54) is 0 Å². The third-order valence-electron chi connectivity index (χ3n) is 5.46. The lowest BCUT2D eigenvalue weighted by Gasteiger charge is -2.37. The Morgan fingerprint density at radius 2 is 1.77 bits per heavy atom. The van der Waals surface area contributed by atoms with Gasteiger partial charge in [0.05, 0.1) is 38.7 Å². The van der Waals surface area contributed by atoms with Gasteiger partial charge in [0.25, 0.3) is 0 Å². The first-order valence-electron chi connectivity index (χ1n) is 9.62. The molecule has 0 spiro atoms. The first-order valence-corrected chi connectivity index (χ1v) is 9.62. The van der Waals surface area contributed by atoms with E-state index in [0.29, 0.717) is 24.8 Å². The van der Waals surface area contributed by atoms with E-state index in [1.807, 2.05) is 19.1 Å². The Labute approximate surface area is 197 Å². The normalized spacial score (nSPS) is 21.7. The molecule has 2 aliphatic rings. The Hall–Kier alpha value is -1.71. The fourth-order valence-corrected chi connectivity index (χ4v) is 4.15. The molecular formula is C21H27Br2N3O4. The first-order chi connectivity index (χ1) is 13.6. The van der Waals surface area contributed by atoms with Gasteiger partial charge in [-0.15, -0.1) is 34.0 Å². The molecule has 2 heterocycles. The average Bonchev–Trinajstić information content (AvgIpc) is 2.73. The Kier molecular flexibility index (Phi) is 8.63. The number of fused-ring (bicyclic) bond motifs is 3. The zero-order valence-electron chi connectivity index (χ0n) is 17.2. The summed E-state index contributed by atoms with van der Waals surface area (Å²) >= 11 is 0. The highest BCUT2D eigenvalue weighted by molar-refractivity contribution is 8.93. The van der Waals surface area contributed by atoms with Crippen molar-refractivity contribution in [2.75, 3.05) is 20.8 Å². The van der Waals surface area contributed by atoms with Crippen LogP contribution in [0, 0.1) is 0 Å². The minimum absolute atomic E-state index is 0. The molecule has 4 rings (SSSR count). The van der Waals surface area contributed by atoms with Crippen LogP contribution in [-0.4, -0.2) is 53.8 Å². The molecule has 0 bridgehead atoms. The smallest absolute Gasteiger partial charge is 0.316 e. The Morgan fingerprint density at radius 1 is 1.03 bits per heavy atom. The van der Waals surface area contributed by atoms with Crippen molar-refractivity contribution in [2.24, 2.45) is 4.99 Å². The monoisotopic (exact) mass is 543 g/mol. The number of rotatable bonds is 5. The molecule has 1 aliphatic heterocycles. The minimum Gasteiger partial charge on any atom is -0.493 e. The molecule has 0 amide bonds. The van der Waals surface area contributed by atoms with Crippen LogP contribution in [0.5, 0.6) is 17.5 Å². The van der Waals surface area contributed by atoms with Crippen LogP contribution in [0.3, 0.4) is 0 Å². The van der Waals surface area contributed by atoms with Crippen molar-refractivity contribution in [1.82, 2.24) is 9.97 Å². The molecule has 0 saturated heterocycles. The standard InChI is InChI=1S/C21H25N3O4.2BrH/c1-4-28-19-8-14-15-7-13(25)5-6-17(15)24-20(16(14)9-18(19)26-2)12-10-22-21(27-3)23-11-12;;/h8-11,13,15,17,25H,4-7H2,1-3H3;2*1H/t13-,15-,17-;;/m1../s1. The molecule has 1 N–H and O–H groups in total. The van der Waals surface area contributed by atoms with Gasteiger partial charge in [0, 0.05) is 29.4 Å². The summed E-state index contributed by atoms with van der Waals surface area (Å²) in [5, 5.41) is 10.2. The molecule has 0 radical (unpaired) electrons. The third-order valence-corrected chi connectivity index (χ3v) is 5.46. The summed E-state index contributed by atoms with van der Waals surface area (Å²) in [6.45, 7) is 2.51. The van der Waals surface area contributed by atoms with Crippen molar-refractivity contribution in [3.8, 4) is 17.5 Å². The van der Waals surface area contributed by atoms with Crippen LogP contribution in [0.2, 0.25) is 0 Å². The fourth-order valence-electron chi connectivity index (χ4n) is 4.15. The van der Waals surface area contributed by atoms with Crippen LogP contribution in [0.25, 0.3) is 0 Å². The van der Waals surface area contributed by atoms with Crippen molar-refractivity contribution in [2.45, 2.75) is 44.2 Å². The number of aromatic nitrogens is 2. The number of hydrogen-bond acceptors (Lipinski definition) is 7. The average molecular weight is 545 g/mol. The van der Waals surface area contributed by atoms with Crippen LogP contribution < -0.4 is 14.2 Å². The molecule has 1 fully saturated rings. The van der Waals surface area contributed by atoms with Crippen LogP contribution in [0.15, 0.2) is 29.5 Å². The van der Waals surface area contributed by atoms with Gasteiger partial charge in [0.15, 0.2) is 11.5 Å². The van der Waals surface area contributed by atoms with E-state index in [-0.39, 0.29) is 52.0 Å². The van der Waals surface area contributed by atoms with Gasteiger partial charge < -0.3 is 19.3 Å². The first kappa shape index (κ1) is 24.6. The second-order valence-corrected chi connectivity index (χ2v) is 7.10. The predicted molar refractivity (Wildman–Crippen MR) is 125 cm³/mol. The van der Waals surface area contributed by atoms with E-state index in [9.17, 15) is 5.11 Å². The molecule has 0 unspecified atom stereocenters. The summed E-state index contributed by atoms with van der Waals surface area (Å²) in [4.78, 5) is 13.5. The van der Waals surface area contributed by atoms with Crippen LogP contribution in [0.1, 0.15) is 48.8 Å². The second-order valence-electron chi connectivity index (χ2n) is 7.10. The number of halogens is 2. The summed E-state index contributed by atoms with van der Waals surface area (Å²) < 4.78 is 16.4. The molecule has 9 heteroatoms.